The molecular formula is C28H31N7O3S. The maximum atomic E-state index is 13.5. The number of aromatic nitrogens is 3. The highest BCUT2D eigenvalue weighted by atomic mass is 32.2. The van der Waals surface area contributed by atoms with Crippen molar-refractivity contribution in [3.8, 4) is 11.4 Å². The van der Waals surface area contributed by atoms with Crippen LogP contribution >= 0.6 is 0 Å². The lowest BCUT2D eigenvalue weighted by Gasteiger charge is -2.36. The molecule has 0 aliphatic carbocycles. The van der Waals surface area contributed by atoms with Crippen molar-refractivity contribution in [2.75, 3.05) is 55.7 Å². The van der Waals surface area contributed by atoms with Crippen LogP contribution in [0.2, 0.25) is 0 Å². The second-order valence-electron chi connectivity index (χ2n) is 9.32. The van der Waals surface area contributed by atoms with Gasteiger partial charge in [0.05, 0.1) is 26.8 Å². The van der Waals surface area contributed by atoms with Crippen LogP contribution < -0.4 is 15.5 Å². The normalized spacial score (nSPS) is 14.3. The largest absolute Gasteiger partial charge is 0.368 e. The van der Waals surface area contributed by atoms with Gasteiger partial charge in [-0.25, -0.2) is 9.97 Å². The van der Waals surface area contributed by atoms with Gasteiger partial charge in [-0.2, -0.15) is 0 Å². The molecule has 0 bridgehead atoms. The number of anilines is 2. The standard InChI is InChI=1S/C28H31N7O3S/c1-19(36)29-12-13-30-26-21-18-22(31-27(21)33-25(32-26)20-8-4-3-5-9-20)28(37)35-16-14-34(15-17-35)23-10-6-7-11-24(23)39(2)38/h3-11,18H,12-17H2,1-2H3,(H,29,36)(H2,30,31,32,33). The summed E-state index contributed by atoms with van der Waals surface area (Å²) in [5, 5.41) is 6.76. The van der Waals surface area contributed by atoms with E-state index in [9.17, 15) is 13.8 Å². The molecule has 1 aliphatic heterocycles. The Morgan fingerprint density at radius 1 is 0.974 bits per heavy atom. The van der Waals surface area contributed by atoms with Gasteiger partial charge in [-0.15, -0.1) is 0 Å². The van der Waals surface area contributed by atoms with E-state index in [-0.39, 0.29) is 11.8 Å². The van der Waals surface area contributed by atoms with Crippen molar-refractivity contribution in [1.29, 1.82) is 0 Å². The van der Waals surface area contributed by atoms with Crippen LogP contribution in [-0.4, -0.2) is 81.4 Å². The summed E-state index contributed by atoms with van der Waals surface area (Å²) in [5.41, 5.74) is 2.82. The topological polar surface area (TPSA) is 123 Å². The highest BCUT2D eigenvalue weighted by Crippen LogP contribution is 2.27. The summed E-state index contributed by atoms with van der Waals surface area (Å²) in [7, 11) is -1.09. The van der Waals surface area contributed by atoms with Gasteiger partial charge in [0, 0.05) is 58.0 Å². The molecule has 3 heterocycles. The van der Waals surface area contributed by atoms with Gasteiger partial charge in [0.15, 0.2) is 5.82 Å². The molecule has 0 saturated carbocycles. The number of fused-ring (bicyclic) bond motifs is 1. The molecule has 11 heteroatoms. The van der Waals surface area contributed by atoms with Crippen molar-refractivity contribution >= 4 is 45.2 Å². The molecule has 1 unspecified atom stereocenters. The molecule has 2 amide bonds. The van der Waals surface area contributed by atoms with Crippen LogP contribution in [0.1, 0.15) is 17.4 Å². The maximum Gasteiger partial charge on any atom is 0.270 e. The van der Waals surface area contributed by atoms with Crippen molar-refractivity contribution in [3.63, 3.8) is 0 Å². The van der Waals surface area contributed by atoms with E-state index in [1.54, 1.807) is 12.3 Å². The second-order valence-corrected chi connectivity index (χ2v) is 10.7. The molecule has 0 spiro atoms. The molecule has 202 valence electrons. The van der Waals surface area contributed by atoms with Gasteiger partial charge in [0.2, 0.25) is 5.91 Å². The van der Waals surface area contributed by atoms with Gasteiger partial charge in [-0.3, -0.25) is 13.8 Å². The number of carbonyl (C=O) groups is 2. The van der Waals surface area contributed by atoms with Crippen molar-refractivity contribution in [2.24, 2.45) is 0 Å². The number of hydrogen-bond acceptors (Lipinski definition) is 7. The highest BCUT2D eigenvalue weighted by molar-refractivity contribution is 7.84. The van der Waals surface area contributed by atoms with E-state index in [0.29, 0.717) is 67.6 Å². The molecule has 4 aromatic rings. The summed E-state index contributed by atoms with van der Waals surface area (Å²) < 4.78 is 12.2. The number of amides is 2. The zero-order chi connectivity index (χ0) is 27.4. The molecule has 1 fully saturated rings. The van der Waals surface area contributed by atoms with Crippen molar-refractivity contribution in [3.05, 3.63) is 66.4 Å². The first kappa shape index (κ1) is 26.4. The SMILES string of the molecule is CC(=O)NCCNc1nc(-c2ccccc2)nc2[nH]c(C(=O)N3CCN(c4ccccc4S(C)=O)CC3)cc12. The summed E-state index contributed by atoms with van der Waals surface area (Å²) >= 11 is 0. The van der Waals surface area contributed by atoms with Gasteiger partial charge in [0.1, 0.15) is 17.2 Å². The van der Waals surface area contributed by atoms with Crippen LogP contribution in [0.25, 0.3) is 22.4 Å². The number of piperazine rings is 1. The van der Waals surface area contributed by atoms with Crippen LogP contribution in [-0.2, 0) is 15.6 Å². The highest BCUT2D eigenvalue weighted by Gasteiger charge is 2.26. The molecule has 5 rings (SSSR count). The van der Waals surface area contributed by atoms with Crippen LogP contribution in [0.3, 0.4) is 0 Å². The van der Waals surface area contributed by atoms with Gasteiger partial charge < -0.3 is 25.4 Å². The maximum absolute atomic E-state index is 13.5. The first-order chi connectivity index (χ1) is 18.9. The zero-order valence-corrected chi connectivity index (χ0v) is 22.8. The predicted molar refractivity (Wildman–Crippen MR) is 153 cm³/mol. The van der Waals surface area contributed by atoms with E-state index >= 15 is 0 Å². The fourth-order valence-corrected chi connectivity index (χ4v) is 5.44. The average Bonchev–Trinajstić information content (AvgIpc) is 3.40. The number of H-pyrrole nitrogens is 1. The molecule has 1 atom stereocenters. The summed E-state index contributed by atoms with van der Waals surface area (Å²) in [6.45, 7) is 4.77. The third kappa shape index (κ3) is 5.93. The van der Waals surface area contributed by atoms with E-state index in [0.717, 1.165) is 16.1 Å². The molecule has 3 N–H and O–H groups in total. The molecule has 1 aliphatic rings. The first-order valence-electron chi connectivity index (χ1n) is 12.8. The minimum absolute atomic E-state index is 0.101. The Balaban J connectivity index is 1.36. The van der Waals surface area contributed by atoms with Crippen LogP contribution in [0.15, 0.2) is 65.6 Å². The summed E-state index contributed by atoms with van der Waals surface area (Å²) in [6.07, 6.45) is 1.68. The Morgan fingerprint density at radius 3 is 2.41 bits per heavy atom. The van der Waals surface area contributed by atoms with Crippen molar-refractivity contribution in [2.45, 2.75) is 11.8 Å². The molecule has 39 heavy (non-hydrogen) atoms. The van der Waals surface area contributed by atoms with Crippen molar-refractivity contribution in [1.82, 2.24) is 25.2 Å². The second kappa shape index (κ2) is 11.6. The molecule has 10 nitrogen and oxygen atoms in total. The van der Waals surface area contributed by atoms with Gasteiger partial charge >= 0.3 is 0 Å². The number of aromatic amines is 1. The molecule has 2 aromatic carbocycles. The number of rotatable bonds is 8. The van der Waals surface area contributed by atoms with Gasteiger partial charge in [-0.05, 0) is 18.2 Å². The number of benzene rings is 2. The Labute approximate surface area is 229 Å². The fourth-order valence-electron chi connectivity index (χ4n) is 4.68. The van der Waals surface area contributed by atoms with Gasteiger partial charge in [0.25, 0.3) is 5.91 Å². The first-order valence-corrected chi connectivity index (χ1v) is 14.4. The smallest absolute Gasteiger partial charge is 0.270 e. The lowest BCUT2D eigenvalue weighted by atomic mass is 10.2. The van der Waals surface area contributed by atoms with E-state index in [1.807, 2.05) is 59.5 Å². The Morgan fingerprint density at radius 2 is 1.69 bits per heavy atom. The zero-order valence-electron chi connectivity index (χ0n) is 21.9. The van der Waals surface area contributed by atoms with Crippen molar-refractivity contribution < 1.29 is 13.8 Å². The number of carbonyl (C=O) groups excluding carboxylic acids is 2. The average molecular weight is 546 g/mol. The molecule has 0 radical (unpaired) electrons. The summed E-state index contributed by atoms with van der Waals surface area (Å²) in [6, 6.07) is 19.1. The Kier molecular flexibility index (Phi) is 7.87. The number of nitrogens with one attached hydrogen (secondary N) is 3. The lowest BCUT2D eigenvalue weighted by molar-refractivity contribution is -0.118. The van der Waals surface area contributed by atoms with Crippen LogP contribution in [0.4, 0.5) is 11.5 Å². The minimum atomic E-state index is -1.09. The molecule has 1 saturated heterocycles. The Hall–Kier alpha value is -4.25. The minimum Gasteiger partial charge on any atom is -0.368 e. The number of hydrogen-bond donors (Lipinski definition) is 3. The predicted octanol–water partition coefficient (Wildman–Crippen LogP) is 2.87. The van der Waals surface area contributed by atoms with E-state index in [4.69, 9.17) is 9.97 Å². The number of nitrogens with zero attached hydrogens (tertiary/aromatic N) is 4. The quantitative estimate of drug-likeness (QED) is 0.291. The Bertz CT molecular complexity index is 1510. The van der Waals surface area contributed by atoms with E-state index < -0.39 is 10.8 Å². The fraction of sp³-hybridized carbons (Fsp3) is 0.286. The molecule has 2 aromatic heterocycles. The third-order valence-corrected chi connectivity index (χ3v) is 7.59. The summed E-state index contributed by atoms with van der Waals surface area (Å²) in [5.74, 6) is 0.918. The van der Waals surface area contributed by atoms with Crippen LogP contribution in [0.5, 0.6) is 0 Å². The molecular weight excluding hydrogens is 514 g/mol. The summed E-state index contributed by atoms with van der Waals surface area (Å²) in [4.78, 5) is 42.2. The third-order valence-electron chi connectivity index (χ3n) is 6.62. The lowest BCUT2D eigenvalue weighted by Crippen LogP contribution is -2.49. The monoisotopic (exact) mass is 545 g/mol. The van der Waals surface area contributed by atoms with E-state index in [1.165, 1.54) is 6.92 Å². The van der Waals surface area contributed by atoms with E-state index in [2.05, 4.69) is 20.5 Å². The van der Waals surface area contributed by atoms with Gasteiger partial charge in [-0.1, -0.05) is 42.5 Å². The number of para-hydroxylation sites is 1. The van der Waals surface area contributed by atoms with Crippen LogP contribution in [0, 0.1) is 0 Å².